The number of aliphatic hydroxyl groups is 1. The summed E-state index contributed by atoms with van der Waals surface area (Å²) in [6, 6.07) is 14.9. The summed E-state index contributed by atoms with van der Waals surface area (Å²) < 4.78 is 13.2. The molecule has 1 heterocycles. The molecule has 4 nitrogen and oxygen atoms in total. The lowest BCUT2D eigenvalue weighted by molar-refractivity contribution is -0.154. The van der Waals surface area contributed by atoms with E-state index in [0.29, 0.717) is 5.56 Å². The Kier molecular flexibility index (Phi) is 5.34. The molecule has 1 aliphatic heterocycles. The van der Waals surface area contributed by atoms with Crippen molar-refractivity contribution in [1.82, 2.24) is 4.90 Å². The number of amides is 1. The van der Waals surface area contributed by atoms with Crippen molar-refractivity contribution in [2.24, 2.45) is 5.92 Å². The summed E-state index contributed by atoms with van der Waals surface area (Å²) in [7, 11) is 0. The van der Waals surface area contributed by atoms with Crippen LogP contribution in [0.4, 0.5) is 4.39 Å². The van der Waals surface area contributed by atoms with Gasteiger partial charge in [-0.1, -0.05) is 36.5 Å². The number of nitrogens with zero attached hydrogens (tertiary/aromatic N) is 2. The van der Waals surface area contributed by atoms with E-state index >= 15 is 0 Å². The Balaban J connectivity index is 1.51. The van der Waals surface area contributed by atoms with Gasteiger partial charge in [0, 0.05) is 23.0 Å². The molecular formula is C24H21FN2O2. The molecule has 2 fully saturated rings. The van der Waals surface area contributed by atoms with E-state index in [2.05, 4.69) is 17.9 Å². The highest BCUT2D eigenvalue weighted by Gasteiger charge is 2.53. The fourth-order valence-corrected chi connectivity index (χ4v) is 4.08. The van der Waals surface area contributed by atoms with Crippen molar-refractivity contribution in [2.75, 3.05) is 6.61 Å². The molecule has 2 aromatic rings. The quantitative estimate of drug-likeness (QED) is 0.822. The summed E-state index contributed by atoms with van der Waals surface area (Å²) in [5.41, 5.74) is 2.28. The average molecular weight is 388 g/mol. The Hall–Kier alpha value is -3.15. The fraction of sp³-hybridized carbons (Fsp3) is 0.333. The second-order valence-corrected chi connectivity index (χ2v) is 7.61. The number of hydrogen-bond donors (Lipinski definition) is 1. The van der Waals surface area contributed by atoms with Gasteiger partial charge < -0.3 is 10.0 Å². The molecule has 5 heteroatoms. The minimum atomic E-state index is -0.551. The second kappa shape index (κ2) is 8.07. The number of halogens is 1. The predicted molar refractivity (Wildman–Crippen MR) is 106 cm³/mol. The minimum Gasteiger partial charge on any atom is -0.394 e. The van der Waals surface area contributed by atoms with Crippen LogP contribution in [0.2, 0.25) is 0 Å². The maximum atomic E-state index is 13.2. The van der Waals surface area contributed by atoms with E-state index < -0.39 is 6.04 Å². The monoisotopic (exact) mass is 388 g/mol. The van der Waals surface area contributed by atoms with Crippen LogP contribution in [0.1, 0.15) is 41.9 Å². The SMILES string of the molecule is N#C[C@H]1[C@@H](c2ccc(C#Cc3cccc(F)c3)cc2)[C@@H](CO)N1C(=O)C1CCC1. The van der Waals surface area contributed by atoms with Crippen LogP contribution >= 0.6 is 0 Å². The molecule has 1 saturated carbocycles. The minimum absolute atomic E-state index is 0.00123. The van der Waals surface area contributed by atoms with Gasteiger partial charge in [-0.3, -0.25) is 4.79 Å². The van der Waals surface area contributed by atoms with Crippen molar-refractivity contribution in [1.29, 1.82) is 5.26 Å². The third kappa shape index (κ3) is 3.62. The van der Waals surface area contributed by atoms with Crippen molar-refractivity contribution in [3.05, 3.63) is 71.0 Å². The molecule has 0 bridgehead atoms. The summed E-state index contributed by atoms with van der Waals surface area (Å²) in [5, 5.41) is 19.5. The first-order chi connectivity index (χ1) is 14.1. The zero-order chi connectivity index (χ0) is 20.4. The molecule has 1 N–H and O–H groups in total. The van der Waals surface area contributed by atoms with Crippen molar-refractivity contribution in [3.8, 4) is 17.9 Å². The molecule has 1 saturated heterocycles. The fourth-order valence-electron chi connectivity index (χ4n) is 4.08. The molecule has 1 amide bonds. The molecule has 0 aromatic heterocycles. The number of benzene rings is 2. The van der Waals surface area contributed by atoms with Gasteiger partial charge in [-0.2, -0.15) is 5.26 Å². The number of nitriles is 1. The third-order valence-electron chi connectivity index (χ3n) is 5.91. The zero-order valence-corrected chi connectivity index (χ0v) is 15.9. The Labute approximate surface area is 169 Å². The number of likely N-dealkylation sites (tertiary alicyclic amines) is 1. The van der Waals surface area contributed by atoms with Gasteiger partial charge in [0.1, 0.15) is 11.9 Å². The number of aliphatic hydroxyl groups excluding tert-OH is 1. The number of carbonyl (C=O) groups is 1. The molecule has 3 atom stereocenters. The van der Waals surface area contributed by atoms with Gasteiger partial charge >= 0.3 is 0 Å². The molecule has 146 valence electrons. The summed E-state index contributed by atoms with van der Waals surface area (Å²) in [6.07, 6.45) is 2.79. The lowest BCUT2D eigenvalue weighted by Gasteiger charge is -2.53. The molecule has 0 unspecified atom stereocenters. The van der Waals surface area contributed by atoms with Gasteiger partial charge in [-0.05, 0) is 48.7 Å². The number of rotatable bonds is 3. The maximum absolute atomic E-state index is 13.2. The predicted octanol–water partition coefficient (Wildman–Crippen LogP) is 3.20. The Bertz CT molecular complexity index is 1010. The molecule has 4 rings (SSSR count). The van der Waals surface area contributed by atoms with Crippen molar-refractivity contribution in [2.45, 2.75) is 37.3 Å². The summed E-state index contributed by atoms with van der Waals surface area (Å²) in [6.45, 7) is -0.164. The van der Waals surface area contributed by atoms with Crippen LogP contribution in [0.3, 0.4) is 0 Å². The standard InChI is InChI=1S/C24H21FN2O2/c25-20-6-1-3-17(13-20)8-7-16-9-11-18(12-10-16)23-21(14-26)27(22(23)15-28)24(29)19-4-2-5-19/h1,3,6,9-13,19,21-23,28H,2,4-5,15H2/t21-,22+,23+/m0/s1. The second-order valence-electron chi connectivity index (χ2n) is 7.61. The number of hydrogen-bond acceptors (Lipinski definition) is 3. The highest BCUT2D eigenvalue weighted by atomic mass is 19.1. The summed E-state index contributed by atoms with van der Waals surface area (Å²) in [5.74, 6) is 5.40. The first-order valence-corrected chi connectivity index (χ1v) is 9.82. The molecule has 0 radical (unpaired) electrons. The van der Waals surface area contributed by atoms with Gasteiger partial charge in [0.25, 0.3) is 0 Å². The third-order valence-corrected chi connectivity index (χ3v) is 5.91. The van der Waals surface area contributed by atoms with Crippen molar-refractivity contribution >= 4 is 5.91 Å². The Morgan fingerprint density at radius 3 is 2.45 bits per heavy atom. The highest BCUT2D eigenvalue weighted by Crippen LogP contribution is 2.43. The van der Waals surface area contributed by atoms with Crippen molar-refractivity contribution in [3.63, 3.8) is 0 Å². The Morgan fingerprint density at radius 2 is 1.86 bits per heavy atom. The zero-order valence-electron chi connectivity index (χ0n) is 15.9. The van der Waals surface area contributed by atoms with Crippen LogP contribution in [-0.4, -0.2) is 34.6 Å². The normalized spacial score (nSPS) is 23.2. The maximum Gasteiger partial charge on any atom is 0.227 e. The van der Waals surface area contributed by atoms with E-state index in [1.165, 1.54) is 12.1 Å². The van der Waals surface area contributed by atoms with E-state index in [9.17, 15) is 19.6 Å². The van der Waals surface area contributed by atoms with E-state index in [1.807, 2.05) is 24.3 Å². The van der Waals surface area contributed by atoms with Crippen molar-refractivity contribution < 1.29 is 14.3 Å². The van der Waals surface area contributed by atoms with Crippen LogP contribution in [0, 0.1) is 34.9 Å². The summed E-state index contributed by atoms with van der Waals surface area (Å²) >= 11 is 0. The van der Waals surface area contributed by atoms with Gasteiger partial charge in [-0.15, -0.1) is 0 Å². The lowest BCUT2D eigenvalue weighted by Crippen LogP contribution is -2.66. The van der Waals surface area contributed by atoms with E-state index in [-0.39, 0.29) is 36.2 Å². The molecule has 2 aliphatic rings. The Morgan fingerprint density at radius 1 is 1.14 bits per heavy atom. The van der Waals surface area contributed by atoms with E-state index in [0.717, 1.165) is 30.4 Å². The highest BCUT2D eigenvalue weighted by molar-refractivity contribution is 5.82. The van der Waals surface area contributed by atoms with Crippen LogP contribution < -0.4 is 0 Å². The first kappa shape index (κ1) is 19.2. The summed E-state index contributed by atoms with van der Waals surface area (Å²) in [4.78, 5) is 14.2. The molecule has 1 aliphatic carbocycles. The van der Waals surface area contributed by atoms with E-state index in [1.54, 1.807) is 17.0 Å². The number of carbonyl (C=O) groups excluding carboxylic acids is 1. The van der Waals surface area contributed by atoms with Gasteiger partial charge in [0.05, 0.1) is 18.7 Å². The first-order valence-electron chi connectivity index (χ1n) is 9.82. The smallest absolute Gasteiger partial charge is 0.227 e. The molecule has 0 spiro atoms. The molecule has 29 heavy (non-hydrogen) atoms. The topological polar surface area (TPSA) is 64.3 Å². The molecule has 2 aromatic carbocycles. The average Bonchev–Trinajstić information content (AvgIpc) is 2.66. The van der Waals surface area contributed by atoms with E-state index in [4.69, 9.17) is 0 Å². The molecular weight excluding hydrogens is 367 g/mol. The van der Waals surface area contributed by atoms with Crippen LogP contribution in [0.5, 0.6) is 0 Å². The van der Waals surface area contributed by atoms with Gasteiger partial charge in [0.2, 0.25) is 5.91 Å². The lowest BCUT2D eigenvalue weighted by atomic mass is 9.73. The van der Waals surface area contributed by atoms with Crippen LogP contribution in [0.15, 0.2) is 48.5 Å². The van der Waals surface area contributed by atoms with Crippen LogP contribution in [0.25, 0.3) is 0 Å². The van der Waals surface area contributed by atoms with Crippen LogP contribution in [-0.2, 0) is 4.79 Å². The largest absolute Gasteiger partial charge is 0.394 e. The van der Waals surface area contributed by atoms with Gasteiger partial charge in [-0.25, -0.2) is 4.39 Å². The van der Waals surface area contributed by atoms with Gasteiger partial charge in [0.15, 0.2) is 0 Å².